The molecule has 1 rings (SSSR count). The maximum atomic E-state index is 11.7. The summed E-state index contributed by atoms with van der Waals surface area (Å²) in [5, 5.41) is 18.9. The smallest absolute Gasteiger partial charge is 0.411 e. The van der Waals surface area contributed by atoms with Gasteiger partial charge >= 0.3 is 12.1 Å². The van der Waals surface area contributed by atoms with Crippen LogP contribution in [0.3, 0.4) is 0 Å². The SMILES string of the molecule is CCCCCCCCCCCCCCCCN(C(=O)O)c1ccc(C)cc1C(=O)O. The zero-order valence-electron chi connectivity index (χ0n) is 19.0. The van der Waals surface area contributed by atoms with Crippen LogP contribution in [0.25, 0.3) is 0 Å². The quantitative estimate of drug-likeness (QED) is 0.254. The number of nitrogens with zero attached hydrogens (tertiary/aromatic N) is 1. The second-order valence-electron chi connectivity index (χ2n) is 8.36. The van der Waals surface area contributed by atoms with Gasteiger partial charge < -0.3 is 10.2 Å². The molecule has 0 aliphatic rings. The van der Waals surface area contributed by atoms with Crippen LogP contribution >= 0.6 is 0 Å². The first-order chi connectivity index (χ1) is 14.5. The van der Waals surface area contributed by atoms with Crippen LogP contribution in [-0.4, -0.2) is 28.8 Å². The van der Waals surface area contributed by atoms with Gasteiger partial charge in [-0.05, 0) is 25.5 Å². The number of aromatic carboxylic acids is 1. The van der Waals surface area contributed by atoms with Gasteiger partial charge in [0.25, 0.3) is 0 Å². The molecule has 30 heavy (non-hydrogen) atoms. The highest BCUT2D eigenvalue weighted by atomic mass is 16.4. The fourth-order valence-corrected chi connectivity index (χ4v) is 3.84. The second kappa shape index (κ2) is 15.8. The van der Waals surface area contributed by atoms with Crippen molar-refractivity contribution < 1.29 is 19.8 Å². The van der Waals surface area contributed by atoms with Gasteiger partial charge in [-0.15, -0.1) is 0 Å². The summed E-state index contributed by atoms with van der Waals surface area (Å²) in [5.74, 6) is -1.10. The number of unbranched alkanes of at least 4 members (excludes halogenated alkanes) is 13. The van der Waals surface area contributed by atoms with Crippen LogP contribution in [0.2, 0.25) is 0 Å². The number of hydrogen-bond acceptors (Lipinski definition) is 2. The van der Waals surface area contributed by atoms with Crippen molar-refractivity contribution in [3.63, 3.8) is 0 Å². The number of benzene rings is 1. The van der Waals surface area contributed by atoms with Gasteiger partial charge in [0, 0.05) is 6.54 Å². The first-order valence-electron chi connectivity index (χ1n) is 11.8. The molecular weight excluding hydrogens is 378 g/mol. The molecule has 5 heteroatoms. The van der Waals surface area contributed by atoms with Crippen molar-refractivity contribution in [1.29, 1.82) is 0 Å². The van der Waals surface area contributed by atoms with E-state index < -0.39 is 12.1 Å². The van der Waals surface area contributed by atoms with E-state index in [0.717, 1.165) is 24.8 Å². The molecule has 0 aromatic heterocycles. The number of aryl methyl sites for hydroxylation is 1. The van der Waals surface area contributed by atoms with Gasteiger partial charge in [-0.3, -0.25) is 4.90 Å². The highest BCUT2D eigenvalue weighted by Crippen LogP contribution is 2.23. The maximum absolute atomic E-state index is 11.7. The lowest BCUT2D eigenvalue weighted by Crippen LogP contribution is -2.31. The molecule has 0 bridgehead atoms. The number of anilines is 1. The van der Waals surface area contributed by atoms with Crippen LogP contribution in [0.4, 0.5) is 10.5 Å². The van der Waals surface area contributed by atoms with Gasteiger partial charge in [-0.1, -0.05) is 102 Å². The Balaban J connectivity index is 2.19. The lowest BCUT2D eigenvalue weighted by atomic mass is 10.0. The molecule has 0 atom stereocenters. The molecule has 1 aromatic rings. The minimum atomic E-state index is -1.10. The molecule has 0 aliphatic heterocycles. The Morgan fingerprint density at radius 3 is 1.67 bits per heavy atom. The summed E-state index contributed by atoms with van der Waals surface area (Å²) in [5.41, 5.74) is 1.11. The van der Waals surface area contributed by atoms with Crippen molar-refractivity contribution in [2.24, 2.45) is 0 Å². The van der Waals surface area contributed by atoms with E-state index in [4.69, 9.17) is 0 Å². The average Bonchev–Trinajstić information content (AvgIpc) is 2.71. The number of carboxylic acids is 1. The minimum absolute atomic E-state index is 0.0442. The van der Waals surface area contributed by atoms with E-state index in [1.54, 1.807) is 19.1 Å². The van der Waals surface area contributed by atoms with Crippen LogP contribution in [0.5, 0.6) is 0 Å². The molecule has 0 unspecified atom stereocenters. The third-order valence-corrected chi connectivity index (χ3v) is 5.64. The number of rotatable bonds is 17. The largest absolute Gasteiger partial charge is 0.478 e. The standard InChI is InChI=1S/C25H41NO4/c1-3-4-5-6-7-8-9-10-11-12-13-14-15-16-19-26(25(29)30)23-18-17-21(2)20-22(23)24(27)28/h17-18,20H,3-16,19H2,1-2H3,(H,27,28)(H,29,30). The van der Waals surface area contributed by atoms with Gasteiger partial charge in [-0.25, -0.2) is 9.59 Å². The van der Waals surface area contributed by atoms with Crippen molar-refractivity contribution in [1.82, 2.24) is 0 Å². The maximum Gasteiger partial charge on any atom is 0.411 e. The van der Waals surface area contributed by atoms with Crippen LogP contribution in [0, 0.1) is 6.92 Å². The monoisotopic (exact) mass is 419 g/mol. The van der Waals surface area contributed by atoms with E-state index >= 15 is 0 Å². The topological polar surface area (TPSA) is 77.8 Å². The summed E-state index contributed by atoms with van der Waals surface area (Å²) >= 11 is 0. The Labute approximate surface area is 182 Å². The van der Waals surface area contributed by atoms with E-state index in [2.05, 4.69) is 6.92 Å². The zero-order valence-corrected chi connectivity index (χ0v) is 19.0. The number of amides is 1. The van der Waals surface area contributed by atoms with E-state index in [0.29, 0.717) is 6.54 Å². The normalized spacial score (nSPS) is 10.9. The van der Waals surface area contributed by atoms with Crippen LogP contribution < -0.4 is 4.90 Å². The fraction of sp³-hybridized carbons (Fsp3) is 0.680. The predicted molar refractivity (Wildman–Crippen MR) is 124 cm³/mol. The second-order valence-corrected chi connectivity index (χ2v) is 8.36. The van der Waals surface area contributed by atoms with Gasteiger partial charge in [-0.2, -0.15) is 0 Å². The summed E-state index contributed by atoms with van der Waals surface area (Å²) in [6.07, 6.45) is 16.3. The molecule has 1 amide bonds. The summed E-state index contributed by atoms with van der Waals surface area (Å²) in [6.45, 7) is 4.38. The molecule has 0 spiro atoms. The highest BCUT2D eigenvalue weighted by molar-refractivity contribution is 5.99. The van der Waals surface area contributed by atoms with E-state index in [9.17, 15) is 19.8 Å². The third kappa shape index (κ3) is 10.7. The first-order valence-corrected chi connectivity index (χ1v) is 11.8. The van der Waals surface area contributed by atoms with Crippen LogP contribution in [0.15, 0.2) is 18.2 Å². The number of hydrogen-bond donors (Lipinski definition) is 2. The summed E-state index contributed by atoms with van der Waals surface area (Å²) in [4.78, 5) is 24.3. The lowest BCUT2D eigenvalue weighted by Gasteiger charge is -2.21. The molecular formula is C25H41NO4. The molecule has 0 saturated heterocycles. The summed E-state index contributed by atoms with van der Waals surface area (Å²) in [6, 6.07) is 4.87. The fourth-order valence-electron chi connectivity index (χ4n) is 3.84. The van der Waals surface area contributed by atoms with E-state index in [1.165, 1.54) is 81.6 Å². The van der Waals surface area contributed by atoms with Gasteiger partial charge in [0.15, 0.2) is 0 Å². The molecule has 1 aromatic carbocycles. The van der Waals surface area contributed by atoms with Crippen LogP contribution in [-0.2, 0) is 0 Å². The molecule has 0 radical (unpaired) electrons. The Morgan fingerprint density at radius 2 is 1.23 bits per heavy atom. The van der Waals surface area contributed by atoms with Gasteiger partial charge in [0.2, 0.25) is 0 Å². The van der Waals surface area contributed by atoms with Crippen molar-refractivity contribution in [3.05, 3.63) is 29.3 Å². The lowest BCUT2D eigenvalue weighted by molar-refractivity contribution is 0.0697. The molecule has 0 fully saturated rings. The van der Waals surface area contributed by atoms with Crippen molar-refractivity contribution in [3.8, 4) is 0 Å². The number of carboxylic acid groups (broad SMARTS) is 2. The Hall–Kier alpha value is -2.04. The van der Waals surface area contributed by atoms with Crippen molar-refractivity contribution in [2.75, 3.05) is 11.4 Å². The third-order valence-electron chi connectivity index (χ3n) is 5.64. The summed E-state index contributed by atoms with van der Waals surface area (Å²) < 4.78 is 0. The average molecular weight is 420 g/mol. The van der Waals surface area contributed by atoms with E-state index in [-0.39, 0.29) is 11.3 Å². The van der Waals surface area contributed by atoms with E-state index in [1.807, 2.05) is 0 Å². The van der Waals surface area contributed by atoms with Gasteiger partial charge in [0.05, 0.1) is 11.3 Å². The Morgan fingerprint density at radius 1 is 0.767 bits per heavy atom. The Kier molecular flexibility index (Phi) is 13.7. The predicted octanol–water partition coefficient (Wildman–Crippen LogP) is 7.66. The Bertz CT molecular complexity index is 630. The van der Waals surface area contributed by atoms with Crippen LogP contribution in [0.1, 0.15) is 113 Å². The highest BCUT2D eigenvalue weighted by Gasteiger charge is 2.20. The zero-order chi connectivity index (χ0) is 22.2. The molecule has 5 nitrogen and oxygen atoms in total. The first kappa shape index (κ1) is 26.0. The molecule has 0 aliphatic carbocycles. The number of carbonyl (C=O) groups is 2. The molecule has 2 N–H and O–H groups in total. The molecule has 170 valence electrons. The molecule has 0 heterocycles. The van der Waals surface area contributed by atoms with Gasteiger partial charge in [0.1, 0.15) is 0 Å². The minimum Gasteiger partial charge on any atom is -0.478 e. The molecule has 0 saturated carbocycles. The summed E-state index contributed by atoms with van der Waals surface area (Å²) in [7, 11) is 0. The van der Waals surface area contributed by atoms with Crippen molar-refractivity contribution >= 4 is 17.7 Å². The van der Waals surface area contributed by atoms with Crippen molar-refractivity contribution in [2.45, 2.75) is 104 Å².